The fourth-order valence-corrected chi connectivity index (χ4v) is 4.95. The summed E-state index contributed by atoms with van der Waals surface area (Å²) in [5, 5.41) is 37.9. The van der Waals surface area contributed by atoms with Crippen LogP contribution in [0.15, 0.2) is 0 Å². The minimum absolute atomic E-state index is 0.0524. The van der Waals surface area contributed by atoms with Gasteiger partial charge in [-0.15, -0.1) is 0 Å². The molecule has 214 valence electrons. The summed E-state index contributed by atoms with van der Waals surface area (Å²) in [6, 6.07) is 0. The van der Waals surface area contributed by atoms with Gasteiger partial charge in [-0.3, -0.25) is 4.79 Å². The number of unbranched alkanes of at least 4 members (excludes halogenated alkanes) is 15. The number of hydrogen-bond acceptors (Lipinski definition) is 6. The molecule has 1 heterocycles. The van der Waals surface area contributed by atoms with Crippen molar-refractivity contribution in [2.24, 2.45) is 0 Å². The quantitative estimate of drug-likeness (QED) is 0.121. The first-order valence-corrected chi connectivity index (χ1v) is 14.9. The summed E-state index contributed by atoms with van der Waals surface area (Å²) in [5.74, 6) is -0.919. The van der Waals surface area contributed by atoms with E-state index >= 15 is 0 Å². The van der Waals surface area contributed by atoms with Crippen LogP contribution >= 0.6 is 0 Å². The zero-order valence-electron chi connectivity index (χ0n) is 23.1. The molecule has 0 radical (unpaired) electrons. The third-order valence-electron chi connectivity index (χ3n) is 7.36. The Morgan fingerprint density at radius 2 is 1.19 bits per heavy atom. The normalized spacial score (nSPS) is 24.0. The molecule has 7 nitrogen and oxygen atoms in total. The van der Waals surface area contributed by atoms with Crippen molar-refractivity contribution in [1.82, 2.24) is 0 Å². The van der Waals surface area contributed by atoms with Crippen molar-refractivity contribution in [2.75, 3.05) is 0 Å². The molecule has 7 heteroatoms. The van der Waals surface area contributed by atoms with Gasteiger partial charge >= 0.3 is 5.97 Å². The highest BCUT2D eigenvalue weighted by atomic mass is 16.7. The maximum absolute atomic E-state index is 10.5. The van der Waals surface area contributed by atoms with E-state index in [1.165, 1.54) is 83.5 Å². The Labute approximate surface area is 220 Å². The van der Waals surface area contributed by atoms with Crippen LogP contribution in [0.1, 0.15) is 142 Å². The van der Waals surface area contributed by atoms with Gasteiger partial charge in [-0.2, -0.15) is 0 Å². The molecular formula is C29H56O7. The van der Waals surface area contributed by atoms with Crippen LogP contribution in [0.2, 0.25) is 0 Å². The zero-order chi connectivity index (χ0) is 26.6. The van der Waals surface area contributed by atoms with Crippen molar-refractivity contribution in [2.45, 2.75) is 179 Å². The van der Waals surface area contributed by atoms with E-state index in [1.54, 1.807) is 0 Å². The molecule has 1 aliphatic heterocycles. The maximum atomic E-state index is 10.5. The molecule has 0 aromatic heterocycles. The number of carboxylic acid groups (broad SMARTS) is 1. The predicted molar refractivity (Wildman–Crippen MR) is 143 cm³/mol. The van der Waals surface area contributed by atoms with Crippen molar-refractivity contribution in [3.8, 4) is 0 Å². The number of aliphatic hydroxyl groups is 3. The van der Waals surface area contributed by atoms with Crippen molar-refractivity contribution in [3.05, 3.63) is 0 Å². The molecule has 1 rings (SSSR count). The van der Waals surface area contributed by atoms with E-state index < -0.39 is 30.6 Å². The fourth-order valence-electron chi connectivity index (χ4n) is 4.95. The number of aliphatic carboxylic acids is 1. The van der Waals surface area contributed by atoms with Gasteiger partial charge in [-0.05, 0) is 26.7 Å². The third kappa shape index (κ3) is 17.7. The van der Waals surface area contributed by atoms with Gasteiger partial charge in [0.05, 0.1) is 30.8 Å². The average Bonchev–Trinajstić information content (AvgIpc) is 2.81. The zero-order valence-corrected chi connectivity index (χ0v) is 23.1. The van der Waals surface area contributed by atoms with Crippen LogP contribution in [0.5, 0.6) is 0 Å². The molecule has 0 saturated carbocycles. The monoisotopic (exact) mass is 516 g/mol. The lowest BCUT2D eigenvalue weighted by Gasteiger charge is -2.36. The number of rotatable bonds is 23. The lowest BCUT2D eigenvalue weighted by atomic mass is 10.0. The Morgan fingerprint density at radius 1 is 0.778 bits per heavy atom. The van der Waals surface area contributed by atoms with Crippen LogP contribution in [0, 0.1) is 0 Å². The van der Waals surface area contributed by atoms with E-state index in [0.29, 0.717) is 12.8 Å². The van der Waals surface area contributed by atoms with Crippen molar-refractivity contribution in [1.29, 1.82) is 0 Å². The molecule has 0 amide bonds. The van der Waals surface area contributed by atoms with Gasteiger partial charge in [0.25, 0.3) is 0 Å². The number of carbonyl (C=O) groups is 1. The molecule has 0 unspecified atom stereocenters. The highest BCUT2D eigenvalue weighted by Crippen LogP contribution is 2.23. The van der Waals surface area contributed by atoms with Gasteiger partial charge in [0, 0.05) is 6.42 Å². The molecule has 0 spiro atoms. The number of aliphatic hydroxyl groups excluding tert-OH is 3. The summed E-state index contributed by atoms with van der Waals surface area (Å²) in [5.41, 5.74) is 0. The number of hydrogen-bond donors (Lipinski definition) is 4. The third-order valence-corrected chi connectivity index (χ3v) is 7.36. The van der Waals surface area contributed by atoms with Gasteiger partial charge in [-0.25, -0.2) is 0 Å². The summed E-state index contributed by atoms with van der Waals surface area (Å²) in [6.07, 6.45) is 18.9. The first-order valence-electron chi connectivity index (χ1n) is 14.9. The van der Waals surface area contributed by atoms with Crippen LogP contribution in [-0.2, 0) is 14.3 Å². The van der Waals surface area contributed by atoms with Gasteiger partial charge in [0.1, 0.15) is 6.10 Å². The average molecular weight is 517 g/mol. The van der Waals surface area contributed by atoms with Gasteiger partial charge in [0.15, 0.2) is 6.29 Å². The Bertz CT molecular complexity index is 530. The number of carboxylic acids is 1. The second-order valence-electron chi connectivity index (χ2n) is 11.0. The molecule has 1 fully saturated rings. The first-order chi connectivity index (χ1) is 17.3. The number of ether oxygens (including phenoxy) is 2. The molecular weight excluding hydrogens is 460 g/mol. The van der Waals surface area contributed by atoms with Gasteiger partial charge in [0.2, 0.25) is 0 Å². The van der Waals surface area contributed by atoms with E-state index in [0.717, 1.165) is 25.7 Å². The molecule has 1 aliphatic rings. The summed E-state index contributed by atoms with van der Waals surface area (Å²) in [7, 11) is 0. The summed E-state index contributed by atoms with van der Waals surface area (Å²) in [6.45, 7) is 3.85. The van der Waals surface area contributed by atoms with Crippen molar-refractivity contribution < 1.29 is 34.7 Å². The Kier molecular flexibility index (Phi) is 19.6. The molecule has 0 bridgehead atoms. The molecule has 1 saturated heterocycles. The summed E-state index contributed by atoms with van der Waals surface area (Å²) in [4.78, 5) is 10.5. The Morgan fingerprint density at radius 3 is 1.64 bits per heavy atom. The van der Waals surface area contributed by atoms with Crippen LogP contribution in [0.25, 0.3) is 0 Å². The minimum atomic E-state index is -0.919. The fraction of sp³-hybridized carbons (Fsp3) is 0.966. The van der Waals surface area contributed by atoms with E-state index in [2.05, 4.69) is 0 Å². The minimum Gasteiger partial charge on any atom is -0.481 e. The second kappa shape index (κ2) is 21.2. The van der Waals surface area contributed by atoms with Crippen LogP contribution in [0.3, 0.4) is 0 Å². The first kappa shape index (κ1) is 33.3. The standard InChI is InChI=1S/C29H56O7/c1-23(35-29-27(32)22-26(31)24(2)36-29)19-17-15-13-11-9-7-5-3-4-6-8-10-12-14-16-18-20-25(30)21-28(33)34/h23-27,29-32H,3-22H2,1-2H3,(H,33,34)/t23-,24+,25-,26-,27-,29-/m1/s1. The molecule has 6 atom stereocenters. The molecule has 36 heavy (non-hydrogen) atoms. The molecule has 0 aliphatic carbocycles. The maximum Gasteiger partial charge on any atom is 0.305 e. The van der Waals surface area contributed by atoms with Crippen molar-refractivity contribution >= 4 is 5.97 Å². The summed E-state index contributed by atoms with van der Waals surface area (Å²) >= 11 is 0. The predicted octanol–water partition coefficient (Wildman–Crippen LogP) is 6.11. The highest BCUT2D eigenvalue weighted by molar-refractivity contribution is 5.67. The highest BCUT2D eigenvalue weighted by Gasteiger charge is 2.35. The van der Waals surface area contributed by atoms with Crippen LogP contribution in [0.4, 0.5) is 0 Å². The lowest BCUT2D eigenvalue weighted by Crippen LogP contribution is -2.48. The van der Waals surface area contributed by atoms with E-state index in [9.17, 15) is 20.1 Å². The molecule has 0 aromatic rings. The Hall–Kier alpha value is -0.730. The van der Waals surface area contributed by atoms with Gasteiger partial charge in [-0.1, -0.05) is 103 Å². The molecule has 0 aromatic carbocycles. The summed E-state index contributed by atoms with van der Waals surface area (Å²) < 4.78 is 11.5. The SMILES string of the molecule is C[C@H](CCCCCCCCCCCCCCCCCC[C@@H](O)CC(=O)O)O[C@@H]1O[C@@H](C)[C@H](O)C[C@H]1O. The van der Waals surface area contributed by atoms with Crippen molar-refractivity contribution in [3.63, 3.8) is 0 Å². The smallest absolute Gasteiger partial charge is 0.305 e. The lowest BCUT2D eigenvalue weighted by molar-refractivity contribution is -0.273. The van der Waals surface area contributed by atoms with E-state index in [4.69, 9.17) is 14.6 Å². The Balaban J connectivity index is 1.78. The molecule has 4 N–H and O–H groups in total. The van der Waals surface area contributed by atoms with Crippen LogP contribution < -0.4 is 0 Å². The van der Waals surface area contributed by atoms with E-state index in [-0.39, 0.29) is 18.6 Å². The largest absolute Gasteiger partial charge is 0.481 e. The van der Waals surface area contributed by atoms with E-state index in [1.807, 2.05) is 13.8 Å². The second-order valence-corrected chi connectivity index (χ2v) is 11.0. The topological polar surface area (TPSA) is 116 Å². The van der Waals surface area contributed by atoms with Crippen LogP contribution in [-0.4, -0.2) is 63.2 Å². The van der Waals surface area contributed by atoms with Gasteiger partial charge < -0.3 is 29.9 Å².